The van der Waals surface area contributed by atoms with Crippen molar-refractivity contribution in [3.05, 3.63) is 65.2 Å². The lowest BCUT2D eigenvalue weighted by Gasteiger charge is -2.48. The molecule has 0 radical (unpaired) electrons. The largest absolute Gasteiger partial charge is 0.0932 e. The monoisotopic (exact) mass is 333 g/mol. The second kappa shape index (κ2) is 5.33. The Bertz CT molecular complexity index is 813. The minimum Gasteiger partial charge on any atom is -0.0648 e. The molecule has 2 bridgehead atoms. The second-order valence-electron chi connectivity index (χ2n) is 8.50. The van der Waals surface area contributed by atoms with E-state index in [-0.39, 0.29) is 6.40 Å². The molecule has 1 aliphatic heterocycles. The van der Waals surface area contributed by atoms with Crippen molar-refractivity contribution in [1.82, 2.24) is 0 Å². The molecule has 5 atom stereocenters. The summed E-state index contributed by atoms with van der Waals surface area (Å²) in [6, 6.07) is 19.8. The zero-order valence-electron chi connectivity index (χ0n) is 15.8. The fourth-order valence-corrected chi connectivity index (χ4v) is 12.9. The minimum atomic E-state index is -1.72. The predicted molar refractivity (Wildman–Crippen MR) is 105 cm³/mol. The molecule has 2 aromatic rings. The highest BCUT2D eigenvalue weighted by molar-refractivity contribution is 6.94. The summed E-state index contributed by atoms with van der Waals surface area (Å²) < 4.78 is 9.24. The molecule has 5 rings (SSSR count). The van der Waals surface area contributed by atoms with Gasteiger partial charge < -0.3 is 0 Å². The van der Waals surface area contributed by atoms with Crippen molar-refractivity contribution in [2.75, 3.05) is 0 Å². The van der Waals surface area contributed by atoms with E-state index >= 15 is 0 Å². The molecule has 2 aromatic carbocycles. The van der Waals surface area contributed by atoms with Gasteiger partial charge in [-0.15, -0.1) is 0 Å². The SMILES string of the molecule is [2H]C1C2CC(c3ccccc32)C1[Si@]1(C(C)C)CCCc2ccccc21. The molecule has 1 saturated carbocycles. The van der Waals surface area contributed by atoms with E-state index in [4.69, 9.17) is 0 Å². The Kier molecular flexibility index (Phi) is 3.08. The van der Waals surface area contributed by atoms with Gasteiger partial charge in [0.2, 0.25) is 0 Å². The molecule has 124 valence electrons. The Hall–Kier alpha value is -1.34. The van der Waals surface area contributed by atoms with Gasteiger partial charge in [0.15, 0.2) is 0 Å². The Morgan fingerprint density at radius 1 is 1.04 bits per heavy atom. The van der Waals surface area contributed by atoms with Gasteiger partial charge in [-0.1, -0.05) is 80.0 Å². The molecular formula is C23H28Si. The zero-order chi connectivity index (χ0) is 17.2. The summed E-state index contributed by atoms with van der Waals surface area (Å²) in [5, 5.41) is 1.71. The van der Waals surface area contributed by atoms with Gasteiger partial charge in [-0.2, -0.15) is 0 Å². The maximum atomic E-state index is 9.24. The molecule has 2 aliphatic carbocycles. The highest BCUT2D eigenvalue weighted by Gasteiger charge is 2.56. The van der Waals surface area contributed by atoms with Crippen LogP contribution in [0.15, 0.2) is 48.5 Å². The van der Waals surface area contributed by atoms with Crippen LogP contribution < -0.4 is 5.19 Å². The number of benzene rings is 2. The van der Waals surface area contributed by atoms with Crippen molar-refractivity contribution < 1.29 is 1.37 Å². The van der Waals surface area contributed by atoms with Gasteiger partial charge >= 0.3 is 0 Å². The standard InChI is InChI=1S/C23H28Si/c1-16(2)24(13-7-9-17-8-3-6-12-22(17)24)23-15-18-14-21(23)20-11-5-4-10-19(18)20/h3-6,8,10-12,16,18,21,23H,7,9,13-15H2,1-2H3/t18?,21?,23?,24-/m0/s1/i15D/t15?,18?,21?,23?,24-. The second-order valence-corrected chi connectivity index (χ2v) is 13.4. The summed E-state index contributed by atoms with van der Waals surface area (Å²) in [4.78, 5) is 0. The van der Waals surface area contributed by atoms with E-state index in [2.05, 4.69) is 62.4 Å². The van der Waals surface area contributed by atoms with Crippen LogP contribution in [0, 0.1) is 0 Å². The van der Waals surface area contributed by atoms with Crippen molar-refractivity contribution >= 4 is 13.3 Å². The van der Waals surface area contributed by atoms with Gasteiger partial charge in [0, 0.05) is 1.37 Å². The Morgan fingerprint density at radius 2 is 1.79 bits per heavy atom. The topological polar surface area (TPSA) is 0 Å². The van der Waals surface area contributed by atoms with Crippen LogP contribution in [0.25, 0.3) is 0 Å². The Labute approximate surface area is 148 Å². The highest BCUT2D eigenvalue weighted by atomic mass is 28.3. The molecule has 0 aromatic heterocycles. The molecule has 24 heavy (non-hydrogen) atoms. The van der Waals surface area contributed by atoms with E-state index in [0.29, 0.717) is 17.4 Å². The highest BCUT2D eigenvalue weighted by Crippen LogP contribution is 2.64. The average Bonchev–Trinajstić information content (AvgIpc) is 3.17. The summed E-state index contributed by atoms with van der Waals surface area (Å²) in [6.07, 6.45) is 3.93. The fourth-order valence-electron chi connectivity index (χ4n) is 6.38. The number of rotatable bonds is 2. The number of hydrogen-bond donors (Lipinski definition) is 0. The van der Waals surface area contributed by atoms with Crippen LogP contribution in [0.2, 0.25) is 17.1 Å². The molecule has 1 fully saturated rings. The van der Waals surface area contributed by atoms with Gasteiger partial charge in [0.05, 0.1) is 8.07 Å². The van der Waals surface area contributed by atoms with E-state index in [1.54, 1.807) is 16.3 Å². The van der Waals surface area contributed by atoms with Gasteiger partial charge in [0.1, 0.15) is 0 Å². The first kappa shape index (κ1) is 13.9. The molecule has 1 heterocycles. The zero-order valence-corrected chi connectivity index (χ0v) is 15.8. The molecule has 0 amide bonds. The van der Waals surface area contributed by atoms with Crippen molar-refractivity contribution in [2.24, 2.45) is 0 Å². The molecule has 0 nitrogen and oxygen atoms in total. The predicted octanol–water partition coefficient (Wildman–Crippen LogP) is 5.74. The minimum absolute atomic E-state index is 0.111. The van der Waals surface area contributed by atoms with Gasteiger partial charge in [-0.05, 0) is 58.8 Å². The maximum Gasteiger partial charge on any atom is 0.0932 e. The first-order valence-corrected chi connectivity index (χ1v) is 12.1. The van der Waals surface area contributed by atoms with Crippen LogP contribution in [0.3, 0.4) is 0 Å². The van der Waals surface area contributed by atoms with Crippen molar-refractivity contribution in [3.8, 4) is 0 Å². The lowest BCUT2D eigenvalue weighted by atomic mass is 9.91. The molecule has 3 aliphatic rings. The third-order valence-electron chi connectivity index (χ3n) is 7.36. The molecule has 4 unspecified atom stereocenters. The first-order valence-electron chi connectivity index (χ1n) is 10.3. The van der Waals surface area contributed by atoms with Gasteiger partial charge in [-0.3, -0.25) is 0 Å². The van der Waals surface area contributed by atoms with E-state index in [9.17, 15) is 1.37 Å². The van der Waals surface area contributed by atoms with E-state index in [0.717, 1.165) is 5.54 Å². The van der Waals surface area contributed by atoms with Crippen LogP contribution >= 0.6 is 0 Å². The smallest absolute Gasteiger partial charge is 0.0648 e. The van der Waals surface area contributed by atoms with Crippen LogP contribution in [-0.2, 0) is 6.42 Å². The molecular weight excluding hydrogens is 304 g/mol. The Balaban J connectivity index is 1.69. The summed E-state index contributed by atoms with van der Waals surface area (Å²) in [5.74, 6) is 1.13. The third-order valence-corrected chi connectivity index (χ3v) is 13.9. The first-order chi connectivity index (χ1) is 12.1. The summed E-state index contributed by atoms with van der Waals surface area (Å²) in [5.41, 5.74) is 6.03. The summed E-state index contributed by atoms with van der Waals surface area (Å²) in [6.45, 7) is 4.94. The Morgan fingerprint density at radius 3 is 2.62 bits per heavy atom. The lowest BCUT2D eigenvalue weighted by molar-refractivity contribution is 0.661. The van der Waals surface area contributed by atoms with Crippen molar-refractivity contribution in [3.63, 3.8) is 0 Å². The number of fused-ring (bicyclic) bond motifs is 6. The van der Waals surface area contributed by atoms with E-state index in [1.165, 1.54) is 30.9 Å². The summed E-state index contributed by atoms with van der Waals surface area (Å²) in [7, 11) is -1.72. The quantitative estimate of drug-likeness (QED) is 0.614. The van der Waals surface area contributed by atoms with E-state index < -0.39 is 8.07 Å². The molecule has 0 saturated heterocycles. The lowest BCUT2D eigenvalue weighted by Crippen LogP contribution is -2.58. The van der Waals surface area contributed by atoms with Gasteiger partial charge in [0.25, 0.3) is 0 Å². The van der Waals surface area contributed by atoms with Crippen LogP contribution in [-0.4, -0.2) is 8.07 Å². The number of hydrogen-bond acceptors (Lipinski definition) is 0. The van der Waals surface area contributed by atoms with Crippen molar-refractivity contribution in [1.29, 1.82) is 0 Å². The normalized spacial score (nSPS) is 37.2. The van der Waals surface area contributed by atoms with Crippen molar-refractivity contribution in [2.45, 2.75) is 68.5 Å². The van der Waals surface area contributed by atoms with Gasteiger partial charge in [-0.25, -0.2) is 0 Å². The third kappa shape index (κ3) is 1.85. The molecule has 0 N–H and O–H groups in total. The van der Waals surface area contributed by atoms with E-state index in [1.807, 2.05) is 0 Å². The summed E-state index contributed by atoms with van der Waals surface area (Å²) >= 11 is 0. The number of aryl methyl sites for hydroxylation is 1. The van der Waals surface area contributed by atoms with Crippen LogP contribution in [0.4, 0.5) is 0 Å². The molecule has 1 heteroatoms. The fraction of sp³-hybridized carbons (Fsp3) is 0.478. The average molecular weight is 334 g/mol. The molecule has 0 spiro atoms. The van der Waals surface area contributed by atoms with Crippen LogP contribution in [0.1, 0.15) is 63.0 Å². The maximum absolute atomic E-state index is 9.24. The van der Waals surface area contributed by atoms with Crippen LogP contribution in [0.5, 0.6) is 0 Å².